The zero-order chi connectivity index (χ0) is 24.9. The van der Waals surface area contributed by atoms with Gasteiger partial charge >= 0.3 is 0 Å². The molecular weight excluding hydrogens is 436 g/mol. The predicted octanol–water partition coefficient (Wildman–Crippen LogP) is 8.27. The fourth-order valence-corrected chi connectivity index (χ4v) is 4.74. The van der Waals surface area contributed by atoms with E-state index in [-0.39, 0.29) is 6.04 Å². The maximum atomic E-state index is 4.50. The van der Waals surface area contributed by atoms with E-state index in [2.05, 4.69) is 152 Å². The van der Waals surface area contributed by atoms with Gasteiger partial charge in [-0.15, -0.1) is 0 Å². The highest BCUT2D eigenvalue weighted by Crippen LogP contribution is 2.34. The fourth-order valence-electron chi connectivity index (χ4n) is 4.74. The highest BCUT2D eigenvalue weighted by molar-refractivity contribution is 5.70. The molecule has 0 saturated carbocycles. The van der Waals surface area contributed by atoms with E-state index >= 15 is 0 Å². The van der Waals surface area contributed by atoms with Crippen LogP contribution in [0.2, 0.25) is 0 Å². The Kier molecular flexibility index (Phi) is 6.86. The molecule has 0 aliphatic carbocycles. The summed E-state index contributed by atoms with van der Waals surface area (Å²) in [7, 11) is 4.50. The molecule has 0 bridgehead atoms. The first-order valence-electron chi connectivity index (χ1n) is 12.5. The summed E-state index contributed by atoms with van der Waals surface area (Å²) in [5, 5.41) is 3.85. The third-order valence-corrected chi connectivity index (χ3v) is 6.73. The number of rotatable bonds is 7. The molecule has 1 N–H and O–H groups in total. The lowest BCUT2D eigenvalue weighted by molar-refractivity contribution is -0.610. The van der Waals surface area contributed by atoms with E-state index < -0.39 is 0 Å². The van der Waals surface area contributed by atoms with E-state index in [1.807, 2.05) is 6.07 Å². The van der Waals surface area contributed by atoms with E-state index in [0.29, 0.717) is 5.92 Å². The van der Waals surface area contributed by atoms with Crippen molar-refractivity contribution < 1.29 is 4.57 Å². The van der Waals surface area contributed by atoms with Gasteiger partial charge in [0.1, 0.15) is 11.4 Å². The quantitative estimate of drug-likeness (QED) is 0.188. The molecule has 2 nitrogen and oxygen atoms in total. The van der Waals surface area contributed by atoms with Crippen molar-refractivity contribution in [2.75, 3.05) is 5.32 Å². The third kappa shape index (κ3) is 4.89. The summed E-state index contributed by atoms with van der Waals surface area (Å²) in [5.41, 5.74) is 9.34. The second-order valence-corrected chi connectivity index (χ2v) is 9.44. The van der Waals surface area contributed by atoms with Crippen LogP contribution < -0.4 is 9.88 Å². The van der Waals surface area contributed by atoms with Gasteiger partial charge in [-0.2, -0.15) is 0 Å². The van der Waals surface area contributed by atoms with Gasteiger partial charge in [0.15, 0.2) is 0 Å². The van der Waals surface area contributed by atoms with Gasteiger partial charge in [-0.25, -0.2) is 0 Å². The molecular formula is C34H32N2. The number of pyridine rings is 1. The van der Waals surface area contributed by atoms with Crippen LogP contribution in [0.25, 0.3) is 22.4 Å². The van der Waals surface area contributed by atoms with Gasteiger partial charge in [0, 0.05) is 12.7 Å². The van der Waals surface area contributed by atoms with Gasteiger partial charge in [0.2, 0.25) is 0 Å². The minimum atomic E-state index is -0.104. The summed E-state index contributed by atoms with van der Waals surface area (Å²) in [6.45, 7) is 4.45. The van der Waals surface area contributed by atoms with Gasteiger partial charge in [-0.05, 0) is 51.9 Å². The summed E-state index contributed by atoms with van der Waals surface area (Å²) in [6, 6.07) is 44.8. The number of nitrogens with one attached hydrogen (secondary N) is 1. The Balaban J connectivity index is 1.66. The summed E-state index contributed by atoms with van der Waals surface area (Å²) in [5.74, 6) is 0.498. The zero-order valence-corrected chi connectivity index (χ0v) is 20.9. The zero-order valence-electron chi connectivity index (χ0n) is 20.9. The average molecular weight is 469 g/mol. The first kappa shape index (κ1) is 23.4. The van der Waals surface area contributed by atoms with E-state index in [1.54, 1.807) is 0 Å². The molecule has 1 aromatic heterocycles. The van der Waals surface area contributed by atoms with E-state index in [1.165, 1.54) is 22.3 Å². The number of nitrogens with zero attached hydrogens (tertiary/aromatic N) is 1. The number of hydrogen-bond acceptors (Lipinski definition) is 1. The lowest BCUT2D eigenvalue weighted by Gasteiger charge is -2.26. The van der Waals surface area contributed by atoms with Gasteiger partial charge < -0.3 is 9.88 Å². The highest BCUT2D eigenvalue weighted by atomic mass is 15.0. The standard InChI is InChI=1S/C34H32N2/c1-25(2)26-21-23-29(24-22-26)35-34(31-18-11-10-17-30(31)27-13-6-4-7-14-27)33-20-12-19-32(36(33)3)28-15-8-5-9-16-28/h4-25,34-35H,3H2,1-2H3. The Morgan fingerprint density at radius 2 is 1.22 bits per heavy atom. The van der Waals surface area contributed by atoms with Crippen LogP contribution in [-0.4, -0.2) is 0 Å². The van der Waals surface area contributed by atoms with Crippen molar-refractivity contribution in [3.8, 4) is 22.4 Å². The molecule has 1 unspecified atom stereocenters. The first-order valence-corrected chi connectivity index (χ1v) is 12.5. The van der Waals surface area contributed by atoms with Crippen LogP contribution >= 0.6 is 0 Å². The Hall–Kier alpha value is -4.30. The first-order chi connectivity index (χ1) is 17.6. The molecule has 1 heterocycles. The lowest BCUT2D eigenvalue weighted by atomic mass is 9.92. The molecule has 4 aromatic carbocycles. The topological polar surface area (TPSA) is 15.9 Å². The van der Waals surface area contributed by atoms with Crippen molar-refractivity contribution in [3.05, 3.63) is 151 Å². The van der Waals surface area contributed by atoms with Gasteiger partial charge in [-0.1, -0.05) is 123 Å². The molecule has 0 saturated heterocycles. The molecule has 0 amide bonds. The normalized spacial score (nSPS) is 11.9. The van der Waals surface area contributed by atoms with Crippen LogP contribution in [0.3, 0.4) is 0 Å². The minimum Gasteiger partial charge on any atom is -0.379 e. The summed E-state index contributed by atoms with van der Waals surface area (Å²) in [6.07, 6.45) is 0. The largest absolute Gasteiger partial charge is 0.379 e. The molecule has 1 atom stereocenters. The summed E-state index contributed by atoms with van der Waals surface area (Å²) in [4.78, 5) is 0. The molecule has 5 aromatic rings. The van der Waals surface area contributed by atoms with Crippen LogP contribution in [0.5, 0.6) is 0 Å². The molecule has 0 radical (unpaired) electrons. The van der Waals surface area contributed by atoms with E-state index in [9.17, 15) is 0 Å². The van der Waals surface area contributed by atoms with Gasteiger partial charge in [-0.3, -0.25) is 0 Å². The van der Waals surface area contributed by atoms with Gasteiger partial charge in [0.05, 0.1) is 6.04 Å². The van der Waals surface area contributed by atoms with Crippen molar-refractivity contribution in [1.82, 2.24) is 0 Å². The van der Waals surface area contributed by atoms with Crippen LogP contribution in [0.1, 0.15) is 42.6 Å². The third-order valence-electron chi connectivity index (χ3n) is 6.73. The summed E-state index contributed by atoms with van der Waals surface area (Å²) >= 11 is 0. The molecule has 178 valence electrons. The van der Waals surface area contributed by atoms with E-state index in [0.717, 1.165) is 22.6 Å². The average Bonchev–Trinajstić information content (AvgIpc) is 2.93. The second kappa shape index (κ2) is 10.5. The number of anilines is 1. The summed E-state index contributed by atoms with van der Waals surface area (Å²) < 4.78 is 2.07. The number of benzene rings is 4. The number of hydrogen-bond donors (Lipinski definition) is 1. The van der Waals surface area contributed by atoms with Gasteiger partial charge in [0.25, 0.3) is 0 Å². The number of aromatic nitrogens is 1. The Bertz CT molecular complexity index is 1420. The fraction of sp³-hybridized carbons (Fsp3) is 0.118. The molecule has 36 heavy (non-hydrogen) atoms. The molecule has 0 aliphatic rings. The molecule has 0 fully saturated rings. The smallest absolute Gasteiger partial charge is 0.112 e. The van der Waals surface area contributed by atoms with Crippen molar-refractivity contribution in [2.45, 2.75) is 25.8 Å². The Labute approximate surface area is 214 Å². The van der Waals surface area contributed by atoms with Crippen molar-refractivity contribution in [1.29, 1.82) is 0 Å². The SMILES string of the molecule is [CH2-][n+]1c(-c2ccccc2)cccc1C(Nc1ccc(C(C)C)cc1)c1ccccc1-c1ccccc1. The monoisotopic (exact) mass is 468 g/mol. The lowest BCUT2D eigenvalue weighted by Crippen LogP contribution is -2.37. The van der Waals surface area contributed by atoms with Crippen LogP contribution in [0, 0.1) is 7.05 Å². The van der Waals surface area contributed by atoms with Crippen molar-refractivity contribution in [2.24, 2.45) is 0 Å². The second-order valence-electron chi connectivity index (χ2n) is 9.44. The molecule has 2 heteroatoms. The minimum absolute atomic E-state index is 0.104. The molecule has 0 spiro atoms. The van der Waals surface area contributed by atoms with Crippen molar-refractivity contribution >= 4 is 5.69 Å². The maximum Gasteiger partial charge on any atom is 0.112 e. The van der Waals surface area contributed by atoms with E-state index in [4.69, 9.17) is 0 Å². The Morgan fingerprint density at radius 3 is 1.89 bits per heavy atom. The van der Waals surface area contributed by atoms with Crippen molar-refractivity contribution in [3.63, 3.8) is 0 Å². The highest BCUT2D eigenvalue weighted by Gasteiger charge is 2.22. The molecule has 5 rings (SSSR count). The molecule has 0 aliphatic heterocycles. The Morgan fingerprint density at radius 1 is 0.611 bits per heavy atom. The van der Waals surface area contributed by atoms with Crippen LogP contribution in [0.4, 0.5) is 5.69 Å². The van der Waals surface area contributed by atoms with Crippen LogP contribution in [0.15, 0.2) is 127 Å². The maximum absolute atomic E-state index is 4.50. The van der Waals surface area contributed by atoms with Crippen LogP contribution in [-0.2, 0) is 0 Å². The predicted molar refractivity (Wildman–Crippen MR) is 151 cm³/mol.